The van der Waals surface area contributed by atoms with Gasteiger partial charge in [0.15, 0.2) is 11.4 Å². The number of carbonyl (C=O) groups is 2. The summed E-state index contributed by atoms with van der Waals surface area (Å²) in [6.07, 6.45) is 0.396. The normalized spacial score (nSPS) is 15.3. The summed E-state index contributed by atoms with van der Waals surface area (Å²) in [5.74, 6) is 0.332. The number of carbonyl (C=O) groups excluding carboxylic acids is 2. The van der Waals surface area contributed by atoms with Crippen LogP contribution in [0, 0.1) is 6.92 Å². The first kappa shape index (κ1) is 17.3. The Hall–Kier alpha value is -3.15. The number of aryl methyl sites for hydroxylation is 1. The number of amides is 1. The number of nitrogens with one attached hydrogen (secondary N) is 1. The fraction of sp³-hybridized carbons (Fsp3) is 0.286. The number of fused-ring (bicyclic) bond motifs is 2. The van der Waals surface area contributed by atoms with Gasteiger partial charge in [0.2, 0.25) is 5.91 Å². The molecule has 1 aliphatic heterocycles. The lowest BCUT2D eigenvalue weighted by Crippen LogP contribution is -2.35. The van der Waals surface area contributed by atoms with Gasteiger partial charge in [-0.25, -0.2) is 0 Å². The maximum atomic E-state index is 12.5. The summed E-state index contributed by atoms with van der Waals surface area (Å²) in [6, 6.07) is 10.8. The van der Waals surface area contributed by atoms with E-state index in [-0.39, 0.29) is 18.1 Å². The second-order valence-electron chi connectivity index (χ2n) is 7.53. The Kier molecular flexibility index (Phi) is 3.98. The lowest BCUT2D eigenvalue weighted by molar-refractivity contribution is -0.115. The van der Waals surface area contributed by atoms with Crippen LogP contribution in [0.25, 0.3) is 11.0 Å². The molecule has 3 aromatic rings. The van der Waals surface area contributed by atoms with Gasteiger partial charge in [0.05, 0.1) is 18.4 Å². The number of benzene rings is 2. The van der Waals surface area contributed by atoms with Crippen molar-refractivity contribution in [2.24, 2.45) is 0 Å². The van der Waals surface area contributed by atoms with E-state index < -0.39 is 5.60 Å². The molecule has 27 heavy (non-hydrogen) atoms. The highest BCUT2D eigenvalue weighted by Crippen LogP contribution is 2.34. The predicted molar refractivity (Wildman–Crippen MR) is 101 cm³/mol. The lowest BCUT2D eigenvalue weighted by atomic mass is 9.93. The van der Waals surface area contributed by atoms with Gasteiger partial charge in [-0.1, -0.05) is 16.8 Å². The summed E-state index contributed by atoms with van der Waals surface area (Å²) in [4.78, 5) is 24.8. The molecule has 0 radical (unpaired) electrons. The highest BCUT2D eigenvalue weighted by molar-refractivity contribution is 6.02. The Morgan fingerprint density at radius 2 is 2.04 bits per heavy atom. The third kappa shape index (κ3) is 3.43. The molecule has 4 rings (SSSR count). The molecule has 0 atom stereocenters. The van der Waals surface area contributed by atoms with Crippen molar-refractivity contribution in [3.63, 3.8) is 0 Å². The largest absolute Gasteiger partial charge is 0.487 e. The van der Waals surface area contributed by atoms with E-state index in [4.69, 9.17) is 9.26 Å². The number of rotatable bonds is 3. The molecule has 0 saturated heterocycles. The van der Waals surface area contributed by atoms with Gasteiger partial charge in [0.25, 0.3) is 0 Å². The Labute approximate surface area is 156 Å². The van der Waals surface area contributed by atoms with Gasteiger partial charge < -0.3 is 14.6 Å². The highest BCUT2D eigenvalue weighted by Gasteiger charge is 2.32. The van der Waals surface area contributed by atoms with Gasteiger partial charge in [0.1, 0.15) is 17.0 Å². The molecule has 6 heteroatoms. The molecule has 0 spiro atoms. The predicted octanol–water partition coefficient (Wildman–Crippen LogP) is 4.06. The molecular formula is C21H20N2O4. The molecule has 1 aliphatic rings. The molecular weight excluding hydrogens is 344 g/mol. The molecule has 0 fully saturated rings. The van der Waals surface area contributed by atoms with Gasteiger partial charge in [-0.3, -0.25) is 9.59 Å². The molecule has 0 bridgehead atoms. The van der Waals surface area contributed by atoms with Crippen LogP contribution in [-0.2, 0) is 11.2 Å². The van der Waals surface area contributed by atoms with E-state index in [0.717, 1.165) is 10.9 Å². The second-order valence-corrected chi connectivity index (χ2v) is 7.53. The first-order valence-corrected chi connectivity index (χ1v) is 8.82. The molecule has 0 saturated carbocycles. The van der Waals surface area contributed by atoms with Crippen LogP contribution in [0.1, 0.15) is 41.9 Å². The van der Waals surface area contributed by atoms with E-state index in [9.17, 15) is 9.59 Å². The minimum absolute atomic E-state index is 0.00956. The number of ether oxygens (including phenoxy) is 1. The SMILES string of the molecule is Cc1ccc2onc(CC(=O)Nc3ccc4c(c3)C(=O)CC(C)(C)O4)c2c1. The molecule has 2 heterocycles. The van der Waals surface area contributed by atoms with E-state index in [1.54, 1.807) is 18.2 Å². The fourth-order valence-corrected chi connectivity index (χ4v) is 3.32. The molecule has 6 nitrogen and oxygen atoms in total. The topological polar surface area (TPSA) is 81.4 Å². The molecule has 138 valence electrons. The van der Waals surface area contributed by atoms with Gasteiger partial charge in [-0.15, -0.1) is 0 Å². The van der Waals surface area contributed by atoms with Gasteiger partial charge >= 0.3 is 0 Å². The van der Waals surface area contributed by atoms with Crippen molar-refractivity contribution in [2.75, 3.05) is 5.32 Å². The zero-order chi connectivity index (χ0) is 19.2. The van der Waals surface area contributed by atoms with Crippen molar-refractivity contribution >= 4 is 28.3 Å². The van der Waals surface area contributed by atoms with Crippen molar-refractivity contribution in [1.82, 2.24) is 5.16 Å². The summed E-state index contributed by atoms with van der Waals surface area (Å²) in [6.45, 7) is 5.74. The van der Waals surface area contributed by atoms with Crippen LogP contribution >= 0.6 is 0 Å². The van der Waals surface area contributed by atoms with Crippen molar-refractivity contribution in [3.05, 3.63) is 53.2 Å². The summed E-state index contributed by atoms with van der Waals surface area (Å²) < 4.78 is 11.1. The molecule has 2 aromatic carbocycles. The number of ketones is 1. The van der Waals surface area contributed by atoms with Gasteiger partial charge in [-0.2, -0.15) is 0 Å². The molecule has 1 amide bonds. The third-order valence-electron chi connectivity index (χ3n) is 4.56. The minimum Gasteiger partial charge on any atom is -0.487 e. The monoisotopic (exact) mass is 364 g/mol. The van der Waals surface area contributed by atoms with Crippen molar-refractivity contribution in [1.29, 1.82) is 0 Å². The molecule has 0 unspecified atom stereocenters. The van der Waals surface area contributed by atoms with E-state index >= 15 is 0 Å². The number of hydrogen-bond acceptors (Lipinski definition) is 5. The summed E-state index contributed by atoms with van der Waals surface area (Å²) in [5.41, 5.74) is 2.85. The van der Waals surface area contributed by atoms with Crippen molar-refractivity contribution in [3.8, 4) is 5.75 Å². The van der Waals surface area contributed by atoms with Gasteiger partial charge in [-0.05, 0) is 51.1 Å². The lowest BCUT2D eigenvalue weighted by Gasteiger charge is -2.31. The minimum atomic E-state index is -0.513. The van der Waals surface area contributed by atoms with Crippen LogP contribution in [0.4, 0.5) is 5.69 Å². The average Bonchev–Trinajstić information content (AvgIpc) is 2.96. The maximum Gasteiger partial charge on any atom is 0.230 e. The first-order chi connectivity index (χ1) is 12.8. The Morgan fingerprint density at radius 1 is 1.22 bits per heavy atom. The van der Waals surface area contributed by atoms with Crippen LogP contribution in [0.15, 0.2) is 40.9 Å². The van der Waals surface area contributed by atoms with E-state index in [0.29, 0.717) is 34.7 Å². The number of aromatic nitrogens is 1. The first-order valence-electron chi connectivity index (χ1n) is 8.82. The number of anilines is 1. The Bertz CT molecular complexity index is 1070. The summed E-state index contributed by atoms with van der Waals surface area (Å²) >= 11 is 0. The van der Waals surface area contributed by atoms with Crippen molar-refractivity contribution in [2.45, 2.75) is 39.2 Å². The standard InChI is InChI=1S/C21H20N2O4/c1-12-4-6-19-14(8-12)16(23-27-19)10-20(25)22-13-5-7-18-15(9-13)17(24)11-21(2,3)26-18/h4-9H,10-11H2,1-3H3,(H,22,25). The molecule has 1 aromatic heterocycles. The Morgan fingerprint density at radius 3 is 2.85 bits per heavy atom. The Balaban J connectivity index is 1.52. The molecule has 0 aliphatic carbocycles. The van der Waals surface area contributed by atoms with E-state index in [1.165, 1.54) is 0 Å². The van der Waals surface area contributed by atoms with Gasteiger partial charge in [0, 0.05) is 11.1 Å². The summed E-state index contributed by atoms with van der Waals surface area (Å²) in [7, 11) is 0. The smallest absolute Gasteiger partial charge is 0.230 e. The summed E-state index contributed by atoms with van der Waals surface area (Å²) in [5, 5.41) is 7.66. The third-order valence-corrected chi connectivity index (χ3v) is 4.56. The molecule has 1 N–H and O–H groups in total. The van der Waals surface area contributed by atoms with Crippen LogP contribution < -0.4 is 10.1 Å². The average molecular weight is 364 g/mol. The second kappa shape index (κ2) is 6.23. The van der Waals surface area contributed by atoms with Crippen LogP contribution in [-0.4, -0.2) is 22.4 Å². The number of Topliss-reactive ketones (excluding diaryl/α,β-unsaturated/α-hetero) is 1. The number of hydrogen-bond donors (Lipinski definition) is 1. The van der Waals surface area contributed by atoms with Crippen LogP contribution in [0.5, 0.6) is 5.75 Å². The zero-order valence-electron chi connectivity index (χ0n) is 15.5. The van der Waals surface area contributed by atoms with Crippen LogP contribution in [0.2, 0.25) is 0 Å². The van der Waals surface area contributed by atoms with Crippen LogP contribution in [0.3, 0.4) is 0 Å². The fourth-order valence-electron chi connectivity index (χ4n) is 3.32. The number of nitrogens with zero attached hydrogens (tertiary/aromatic N) is 1. The quantitative estimate of drug-likeness (QED) is 0.758. The maximum absolute atomic E-state index is 12.5. The van der Waals surface area contributed by atoms with E-state index in [1.807, 2.05) is 39.0 Å². The van der Waals surface area contributed by atoms with Crippen molar-refractivity contribution < 1.29 is 18.8 Å². The highest BCUT2D eigenvalue weighted by atomic mass is 16.5. The van der Waals surface area contributed by atoms with E-state index in [2.05, 4.69) is 10.5 Å². The zero-order valence-corrected chi connectivity index (χ0v) is 15.5.